The molecule has 0 saturated heterocycles. The zero-order chi connectivity index (χ0) is 12.7. The normalized spacial score (nSPS) is 10.0. The minimum atomic E-state index is -0.387. The summed E-state index contributed by atoms with van der Waals surface area (Å²) in [7, 11) is 1.57. The van der Waals surface area contributed by atoms with E-state index in [1.807, 2.05) is 18.2 Å². The van der Waals surface area contributed by atoms with Crippen LogP contribution in [0.25, 0.3) is 0 Å². The molecule has 0 spiro atoms. The summed E-state index contributed by atoms with van der Waals surface area (Å²) in [6.07, 6.45) is 0.959. The lowest BCUT2D eigenvalue weighted by atomic mass is 10.1. The quantitative estimate of drug-likeness (QED) is 0.722. The first kappa shape index (κ1) is 13.3. The van der Waals surface area contributed by atoms with Crippen molar-refractivity contribution >= 4 is 5.91 Å². The van der Waals surface area contributed by atoms with Crippen LogP contribution in [0.5, 0.6) is 11.5 Å². The van der Waals surface area contributed by atoms with Gasteiger partial charge in [0.2, 0.25) is 5.91 Å². The average molecular weight is 238 g/mol. The minimum absolute atomic E-state index is 0.185. The summed E-state index contributed by atoms with van der Waals surface area (Å²) < 4.78 is 10.6. The van der Waals surface area contributed by atoms with E-state index < -0.39 is 0 Å². The Kier molecular flexibility index (Phi) is 5.29. The van der Waals surface area contributed by atoms with Crippen LogP contribution in [0.2, 0.25) is 0 Å². The summed E-state index contributed by atoms with van der Waals surface area (Å²) in [6, 6.07) is 5.63. The van der Waals surface area contributed by atoms with E-state index in [-0.39, 0.29) is 18.9 Å². The molecule has 0 aliphatic rings. The van der Waals surface area contributed by atoms with Gasteiger partial charge in [0.1, 0.15) is 0 Å². The van der Waals surface area contributed by atoms with E-state index in [0.717, 1.165) is 12.0 Å². The van der Waals surface area contributed by atoms with Crippen LogP contribution >= 0.6 is 0 Å². The van der Waals surface area contributed by atoms with Crippen molar-refractivity contribution in [1.82, 2.24) is 0 Å². The summed E-state index contributed by atoms with van der Waals surface area (Å²) in [5.74, 6) is 0.858. The van der Waals surface area contributed by atoms with Crippen LogP contribution < -0.4 is 20.9 Å². The highest BCUT2D eigenvalue weighted by atomic mass is 16.5. The Morgan fingerprint density at radius 3 is 2.71 bits per heavy atom. The molecular formula is C12H18N2O3. The number of amides is 1. The summed E-state index contributed by atoms with van der Waals surface area (Å²) in [5, 5.41) is 0. The van der Waals surface area contributed by atoms with Gasteiger partial charge in [-0.05, 0) is 30.7 Å². The Morgan fingerprint density at radius 1 is 1.35 bits per heavy atom. The van der Waals surface area contributed by atoms with Crippen molar-refractivity contribution in [1.29, 1.82) is 0 Å². The third kappa shape index (κ3) is 4.32. The van der Waals surface area contributed by atoms with Gasteiger partial charge in [0.25, 0.3) is 0 Å². The van der Waals surface area contributed by atoms with Crippen molar-refractivity contribution in [3.63, 3.8) is 0 Å². The van der Waals surface area contributed by atoms with Gasteiger partial charge in [-0.2, -0.15) is 0 Å². The summed E-state index contributed by atoms with van der Waals surface area (Å²) in [5.41, 5.74) is 11.6. The summed E-state index contributed by atoms with van der Waals surface area (Å²) in [4.78, 5) is 10.6. The van der Waals surface area contributed by atoms with Gasteiger partial charge in [0, 0.05) is 0 Å². The van der Waals surface area contributed by atoms with Gasteiger partial charge in [-0.1, -0.05) is 6.07 Å². The number of nitrogens with two attached hydrogens (primary N) is 2. The fraction of sp³-hybridized carbons (Fsp3) is 0.417. The molecule has 94 valence electrons. The van der Waals surface area contributed by atoms with Gasteiger partial charge in [-0.25, -0.2) is 0 Å². The Balaban J connectivity index is 2.71. The number of hydrogen-bond donors (Lipinski definition) is 2. The van der Waals surface area contributed by atoms with Crippen molar-refractivity contribution in [2.75, 3.05) is 20.3 Å². The molecular weight excluding hydrogens is 220 g/mol. The number of benzene rings is 1. The van der Waals surface area contributed by atoms with Crippen molar-refractivity contribution in [2.24, 2.45) is 11.5 Å². The summed E-state index contributed by atoms with van der Waals surface area (Å²) >= 11 is 0. The van der Waals surface area contributed by atoms with Gasteiger partial charge in [-0.15, -0.1) is 0 Å². The molecule has 0 radical (unpaired) electrons. The lowest BCUT2D eigenvalue weighted by Gasteiger charge is -2.11. The second-order valence-electron chi connectivity index (χ2n) is 3.59. The molecule has 0 aliphatic heterocycles. The highest BCUT2D eigenvalue weighted by Gasteiger charge is 2.06. The second kappa shape index (κ2) is 6.75. The average Bonchev–Trinajstić information content (AvgIpc) is 2.29. The highest BCUT2D eigenvalue weighted by molar-refractivity contribution is 5.73. The van der Waals surface area contributed by atoms with E-state index in [1.54, 1.807) is 7.11 Å². The van der Waals surface area contributed by atoms with Crippen LogP contribution in [-0.2, 0) is 11.2 Å². The maximum absolute atomic E-state index is 10.6. The standard InChI is InChI=1S/C12H18N2O3/c1-16-10-3-2-9(4-6-13)8-11(10)17-7-5-12(14)15/h2-3,8H,4-7,13H2,1H3,(H2,14,15). The first-order chi connectivity index (χ1) is 8.17. The van der Waals surface area contributed by atoms with Crippen LogP contribution in [0.4, 0.5) is 0 Å². The SMILES string of the molecule is COc1ccc(CCN)cc1OCCC(N)=O. The molecule has 0 aromatic heterocycles. The van der Waals surface area contributed by atoms with Crippen LogP contribution in [0.1, 0.15) is 12.0 Å². The van der Waals surface area contributed by atoms with Gasteiger partial charge >= 0.3 is 0 Å². The van der Waals surface area contributed by atoms with Crippen molar-refractivity contribution in [3.05, 3.63) is 23.8 Å². The summed E-state index contributed by atoms with van der Waals surface area (Å²) in [6.45, 7) is 0.824. The molecule has 0 fully saturated rings. The van der Waals surface area contributed by atoms with Crippen molar-refractivity contribution in [2.45, 2.75) is 12.8 Å². The van der Waals surface area contributed by atoms with E-state index in [2.05, 4.69) is 0 Å². The zero-order valence-electron chi connectivity index (χ0n) is 9.94. The molecule has 1 amide bonds. The number of hydrogen-bond acceptors (Lipinski definition) is 4. The Morgan fingerprint density at radius 2 is 2.12 bits per heavy atom. The molecule has 5 nitrogen and oxygen atoms in total. The Bertz CT molecular complexity index is 380. The van der Waals surface area contributed by atoms with Gasteiger partial charge in [0.05, 0.1) is 20.1 Å². The Hall–Kier alpha value is -1.75. The second-order valence-corrected chi connectivity index (χ2v) is 3.59. The molecule has 0 unspecified atom stereocenters. The highest BCUT2D eigenvalue weighted by Crippen LogP contribution is 2.28. The molecule has 1 aromatic rings. The van der Waals surface area contributed by atoms with Crippen LogP contribution in [-0.4, -0.2) is 26.2 Å². The smallest absolute Gasteiger partial charge is 0.220 e. The first-order valence-electron chi connectivity index (χ1n) is 5.45. The third-order valence-corrected chi connectivity index (χ3v) is 2.27. The molecule has 0 heterocycles. The number of ether oxygens (including phenoxy) is 2. The molecule has 1 rings (SSSR count). The van der Waals surface area contributed by atoms with Crippen molar-refractivity contribution in [3.8, 4) is 11.5 Å². The molecule has 0 aliphatic carbocycles. The fourth-order valence-electron chi connectivity index (χ4n) is 1.42. The largest absolute Gasteiger partial charge is 0.493 e. The third-order valence-electron chi connectivity index (χ3n) is 2.27. The van der Waals surface area contributed by atoms with Crippen LogP contribution in [0.3, 0.4) is 0 Å². The van der Waals surface area contributed by atoms with E-state index in [1.165, 1.54) is 0 Å². The molecule has 1 aromatic carbocycles. The number of rotatable bonds is 7. The minimum Gasteiger partial charge on any atom is -0.493 e. The molecule has 5 heteroatoms. The fourth-order valence-corrected chi connectivity index (χ4v) is 1.42. The molecule has 4 N–H and O–H groups in total. The predicted octanol–water partition coefficient (Wildman–Crippen LogP) is 0.451. The zero-order valence-corrected chi connectivity index (χ0v) is 9.94. The lowest BCUT2D eigenvalue weighted by molar-refractivity contribution is -0.118. The van der Waals surface area contributed by atoms with Crippen molar-refractivity contribution < 1.29 is 14.3 Å². The maximum atomic E-state index is 10.6. The number of methoxy groups -OCH3 is 1. The van der Waals surface area contributed by atoms with Gasteiger partial charge in [-0.3, -0.25) is 4.79 Å². The number of primary amides is 1. The van der Waals surface area contributed by atoms with E-state index in [4.69, 9.17) is 20.9 Å². The van der Waals surface area contributed by atoms with Gasteiger partial charge < -0.3 is 20.9 Å². The predicted molar refractivity (Wildman–Crippen MR) is 65.1 cm³/mol. The molecule has 17 heavy (non-hydrogen) atoms. The van der Waals surface area contributed by atoms with E-state index in [9.17, 15) is 4.79 Å². The van der Waals surface area contributed by atoms with Crippen LogP contribution in [0.15, 0.2) is 18.2 Å². The van der Waals surface area contributed by atoms with Gasteiger partial charge in [0.15, 0.2) is 11.5 Å². The molecule has 0 atom stereocenters. The Labute approximate surface area is 101 Å². The van der Waals surface area contributed by atoms with E-state index in [0.29, 0.717) is 18.0 Å². The number of carbonyl (C=O) groups is 1. The van der Waals surface area contributed by atoms with E-state index >= 15 is 0 Å². The lowest BCUT2D eigenvalue weighted by Crippen LogP contribution is -2.14. The monoisotopic (exact) mass is 238 g/mol. The maximum Gasteiger partial charge on any atom is 0.220 e. The number of carbonyl (C=O) groups excluding carboxylic acids is 1. The molecule has 0 bridgehead atoms. The first-order valence-corrected chi connectivity index (χ1v) is 5.45. The topological polar surface area (TPSA) is 87.6 Å². The van der Waals surface area contributed by atoms with Crippen LogP contribution in [0, 0.1) is 0 Å². The molecule has 0 saturated carbocycles.